The molecule has 0 radical (unpaired) electrons. The number of hydrogen-bond donors (Lipinski definition) is 3. The van der Waals surface area contributed by atoms with Gasteiger partial charge in [-0.15, -0.1) is 11.3 Å². The minimum atomic E-state index is -0.434. The van der Waals surface area contributed by atoms with E-state index in [2.05, 4.69) is 10.6 Å². The molecular weight excluding hydrogens is 276 g/mol. The Kier molecular flexibility index (Phi) is 6.16. The first kappa shape index (κ1) is 16.7. The van der Waals surface area contributed by atoms with Gasteiger partial charge in [-0.3, -0.25) is 9.59 Å². The van der Waals surface area contributed by atoms with Gasteiger partial charge in [-0.1, -0.05) is 6.92 Å². The molecule has 1 heterocycles. The van der Waals surface area contributed by atoms with Gasteiger partial charge in [-0.2, -0.15) is 0 Å². The first-order valence-corrected chi connectivity index (χ1v) is 7.48. The maximum atomic E-state index is 11.8. The van der Waals surface area contributed by atoms with Crippen LogP contribution < -0.4 is 10.6 Å². The van der Waals surface area contributed by atoms with Crippen molar-refractivity contribution in [2.45, 2.75) is 39.2 Å². The summed E-state index contributed by atoms with van der Waals surface area (Å²) in [6.45, 7) is 5.71. The Hall–Kier alpha value is -1.40. The zero-order valence-electron chi connectivity index (χ0n) is 12.2. The van der Waals surface area contributed by atoms with Gasteiger partial charge in [-0.25, -0.2) is 0 Å². The van der Waals surface area contributed by atoms with Gasteiger partial charge in [0.15, 0.2) is 0 Å². The lowest BCUT2D eigenvalue weighted by molar-refractivity contribution is -0.122. The van der Waals surface area contributed by atoms with Crippen molar-refractivity contribution in [3.8, 4) is 0 Å². The molecule has 1 aromatic heterocycles. The second kappa shape index (κ2) is 7.40. The van der Waals surface area contributed by atoms with E-state index in [1.165, 1.54) is 11.3 Å². The zero-order chi connectivity index (χ0) is 15.2. The molecule has 1 unspecified atom stereocenters. The SMILES string of the molecule is CCC(C)(CCO)NC(=O)CNC(=O)c1ccc(C)s1. The minimum Gasteiger partial charge on any atom is -0.396 e. The highest BCUT2D eigenvalue weighted by Gasteiger charge is 2.23. The fourth-order valence-corrected chi connectivity index (χ4v) is 2.54. The van der Waals surface area contributed by atoms with Crippen LogP contribution in [0.1, 0.15) is 41.2 Å². The number of aryl methyl sites for hydroxylation is 1. The van der Waals surface area contributed by atoms with Gasteiger partial charge < -0.3 is 15.7 Å². The molecule has 0 aliphatic heterocycles. The Bertz CT molecular complexity index is 473. The molecule has 0 aliphatic carbocycles. The predicted octanol–water partition coefficient (Wildman–Crippen LogP) is 1.45. The van der Waals surface area contributed by atoms with Gasteiger partial charge in [0.05, 0.1) is 11.4 Å². The Morgan fingerprint density at radius 2 is 2.10 bits per heavy atom. The van der Waals surface area contributed by atoms with Crippen LogP contribution in [-0.2, 0) is 4.79 Å². The van der Waals surface area contributed by atoms with Gasteiger partial charge in [0.2, 0.25) is 5.91 Å². The highest BCUT2D eigenvalue weighted by atomic mass is 32.1. The van der Waals surface area contributed by atoms with Crippen molar-refractivity contribution in [1.82, 2.24) is 10.6 Å². The van der Waals surface area contributed by atoms with Crippen LogP contribution in [-0.4, -0.2) is 35.6 Å². The van der Waals surface area contributed by atoms with E-state index in [0.717, 1.165) is 11.3 Å². The summed E-state index contributed by atoms with van der Waals surface area (Å²) in [4.78, 5) is 25.3. The fourth-order valence-electron chi connectivity index (χ4n) is 1.76. The Morgan fingerprint density at radius 3 is 2.60 bits per heavy atom. The summed E-state index contributed by atoms with van der Waals surface area (Å²) >= 11 is 1.40. The van der Waals surface area contributed by atoms with Crippen LogP contribution in [0.5, 0.6) is 0 Å². The van der Waals surface area contributed by atoms with E-state index < -0.39 is 5.54 Å². The van der Waals surface area contributed by atoms with Crippen LogP contribution in [0.2, 0.25) is 0 Å². The Morgan fingerprint density at radius 1 is 1.40 bits per heavy atom. The van der Waals surface area contributed by atoms with Gasteiger partial charge in [0.25, 0.3) is 5.91 Å². The van der Waals surface area contributed by atoms with Crippen molar-refractivity contribution < 1.29 is 14.7 Å². The number of amides is 2. The van der Waals surface area contributed by atoms with Crippen LogP contribution in [0, 0.1) is 6.92 Å². The number of rotatable bonds is 7. The molecule has 20 heavy (non-hydrogen) atoms. The van der Waals surface area contributed by atoms with E-state index in [1.54, 1.807) is 6.07 Å². The van der Waals surface area contributed by atoms with E-state index in [4.69, 9.17) is 5.11 Å². The number of nitrogens with one attached hydrogen (secondary N) is 2. The molecule has 6 heteroatoms. The summed E-state index contributed by atoms with van der Waals surface area (Å²) in [5.74, 6) is -0.483. The summed E-state index contributed by atoms with van der Waals surface area (Å²) in [5.41, 5.74) is -0.434. The van der Waals surface area contributed by atoms with E-state index in [-0.39, 0.29) is 25.0 Å². The molecule has 1 aromatic rings. The van der Waals surface area contributed by atoms with Crippen molar-refractivity contribution in [3.05, 3.63) is 21.9 Å². The summed E-state index contributed by atoms with van der Waals surface area (Å²) in [6.07, 6.45) is 1.21. The topological polar surface area (TPSA) is 78.4 Å². The summed E-state index contributed by atoms with van der Waals surface area (Å²) in [5, 5.41) is 14.4. The second-order valence-corrected chi connectivity index (χ2v) is 6.32. The van der Waals surface area contributed by atoms with Gasteiger partial charge >= 0.3 is 0 Å². The zero-order valence-corrected chi connectivity index (χ0v) is 13.0. The largest absolute Gasteiger partial charge is 0.396 e. The maximum absolute atomic E-state index is 11.8. The highest BCUT2D eigenvalue weighted by Crippen LogP contribution is 2.15. The summed E-state index contributed by atoms with van der Waals surface area (Å²) < 4.78 is 0. The van der Waals surface area contributed by atoms with E-state index in [9.17, 15) is 9.59 Å². The molecule has 2 amide bonds. The molecule has 0 bridgehead atoms. The molecule has 0 saturated carbocycles. The van der Waals surface area contributed by atoms with Crippen molar-refractivity contribution >= 4 is 23.2 Å². The van der Waals surface area contributed by atoms with Crippen LogP contribution >= 0.6 is 11.3 Å². The number of aliphatic hydroxyl groups is 1. The average molecular weight is 298 g/mol. The third kappa shape index (κ3) is 4.94. The summed E-state index contributed by atoms with van der Waals surface area (Å²) in [7, 11) is 0. The van der Waals surface area contributed by atoms with Crippen molar-refractivity contribution in [2.24, 2.45) is 0 Å². The number of carbonyl (C=O) groups is 2. The van der Waals surface area contributed by atoms with Crippen molar-refractivity contribution in [3.63, 3.8) is 0 Å². The molecular formula is C14H22N2O3S. The smallest absolute Gasteiger partial charge is 0.261 e. The van der Waals surface area contributed by atoms with Crippen LogP contribution in [0.3, 0.4) is 0 Å². The van der Waals surface area contributed by atoms with Gasteiger partial charge in [-0.05, 0) is 38.8 Å². The lowest BCUT2D eigenvalue weighted by Crippen LogP contribution is -2.49. The highest BCUT2D eigenvalue weighted by molar-refractivity contribution is 7.13. The first-order valence-electron chi connectivity index (χ1n) is 6.66. The third-order valence-electron chi connectivity index (χ3n) is 3.26. The predicted molar refractivity (Wildman–Crippen MR) is 79.9 cm³/mol. The number of aliphatic hydroxyl groups excluding tert-OH is 1. The molecule has 5 nitrogen and oxygen atoms in total. The lowest BCUT2D eigenvalue weighted by atomic mass is 9.95. The second-order valence-electron chi connectivity index (χ2n) is 5.03. The molecule has 0 fully saturated rings. The van der Waals surface area contributed by atoms with Crippen molar-refractivity contribution in [1.29, 1.82) is 0 Å². The van der Waals surface area contributed by atoms with E-state index >= 15 is 0 Å². The van der Waals surface area contributed by atoms with E-state index in [0.29, 0.717) is 11.3 Å². The van der Waals surface area contributed by atoms with Crippen LogP contribution in [0.25, 0.3) is 0 Å². The maximum Gasteiger partial charge on any atom is 0.261 e. The number of thiophene rings is 1. The third-order valence-corrected chi connectivity index (χ3v) is 4.26. The first-order chi connectivity index (χ1) is 9.40. The molecule has 0 saturated heterocycles. The number of carbonyl (C=O) groups excluding carboxylic acids is 2. The Labute approximate surface area is 123 Å². The quantitative estimate of drug-likeness (QED) is 0.713. The van der Waals surface area contributed by atoms with Crippen LogP contribution in [0.15, 0.2) is 12.1 Å². The molecule has 3 N–H and O–H groups in total. The minimum absolute atomic E-state index is 0.0193. The Balaban J connectivity index is 2.45. The average Bonchev–Trinajstić information content (AvgIpc) is 2.83. The fraction of sp³-hybridized carbons (Fsp3) is 0.571. The van der Waals surface area contributed by atoms with E-state index in [1.807, 2.05) is 26.8 Å². The standard InChI is InChI=1S/C14H22N2O3S/c1-4-14(3,7-8-17)16-12(18)9-15-13(19)11-6-5-10(2)20-11/h5-6,17H,4,7-9H2,1-3H3,(H,15,19)(H,16,18). The molecule has 1 atom stereocenters. The monoisotopic (exact) mass is 298 g/mol. The van der Waals surface area contributed by atoms with Gasteiger partial charge in [0.1, 0.15) is 0 Å². The molecule has 0 aliphatic rings. The van der Waals surface area contributed by atoms with Crippen molar-refractivity contribution in [2.75, 3.05) is 13.2 Å². The molecule has 0 aromatic carbocycles. The molecule has 112 valence electrons. The summed E-state index contributed by atoms with van der Waals surface area (Å²) in [6, 6.07) is 3.62. The van der Waals surface area contributed by atoms with Gasteiger partial charge in [0, 0.05) is 17.0 Å². The lowest BCUT2D eigenvalue weighted by Gasteiger charge is -2.29. The number of hydrogen-bond acceptors (Lipinski definition) is 4. The van der Waals surface area contributed by atoms with Crippen LogP contribution in [0.4, 0.5) is 0 Å². The molecule has 1 rings (SSSR count). The molecule has 0 spiro atoms. The normalized spacial score (nSPS) is 13.6.